The molecule has 1 fully saturated rings. The quantitative estimate of drug-likeness (QED) is 0.868. The highest BCUT2D eigenvalue weighted by Crippen LogP contribution is 2.34. The Labute approximate surface area is 105 Å². The summed E-state index contributed by atoms with van der Waals surface area (Å²) in [5.41, 5.74) is 8.77. The molecular weight excluding hydrogens is 208 g/mol. The molecule has 2 heteroatoms. The van der Waals surface area contributed by atoms with E-state index >= 15 is 0 Å². The lowest BCUT2D eigenvalue weighted by molar-refractivity contribution is 0.125. The summed E-state index contributed by atoms with van der Waals surface area (Å²) in [6.07, 6.45) is 3.66. The molecule has 1 aromatic rings. The topological polar surface area (TPSA) is 29.3 Å². The molecule has 0 radical (unpaired) electrons. The Morgan fingerprint density at radius 3 is 2.59 bits per heavy atom. The highest BCUT2D eigenvalue weighted by atomic mass is 15.1. The lowest BCUT2D eigenvalue weighted by atomic mass is 9.85. The summed E-state index contributed by atoms with van der Waals surface area (Å²) in [5, 5.41) is 0. The maximum atomic E-state index is 5.92. The molecule has 94 valence electrons. The normalized spacial score (nSPS) is 26.1. The van der Waals surface area contributed by atoms with Gasteiger partial charge in [0.25, 0.3) is 0 Å². The molecule has 0 aliphatic carbocycles. The molecule has 0 saturated carbocycles. The molecule has 0 bridgehead atoms. The monoisotopic (exact) mass is 232 g/mol. The molecule has 0 spiro atoms. The number of nitrogens with two attached hydrogens (primary N) is 1. The second-order valence-corrected chi connectivity index (χ2v) is 5.16. The van der Waals surface area contributed by atoms with Gasteiger partial charge in [-0.15, -0.1) is 0 Å². The van der Waals surface area contributed by atoms with Crippen LogP contribution >= 0.6 is 0 Å². The van der Waals surface area contributed by atoms with E-state index in [0.29, 0.717) is 12.0 Å². The number of nitrogens with zero attached hydrogens (tertiary/aromatic N) is 1. The molecule has 2 rings (SSSR count). The van der Waals surface area contributed by atoms with Gasteiger partial charge < -0.3 is 5.73 Å². The van der Waals surface area contributed by atoms with Crippen LogP contribution in [-0.2, 0) is 6.42 Å². The van der Waals surface area contributed by atoms with E-state index in [4.69, 9.17) is 5.73 Å². The fourth-order valence-electron chi connectivity index (χ4n) is 2.98. The number of benzene rings is 1. The van der Waals surface area contributed by atoms with Gasteiger partial charge in [-0.25, -0.2) is 0 Å². The van der Waals surface area contributed by atoms with Crippen LogP contribution in [0.5, 0.6) is 0 Å². The van der Waals surface area contributed by atoms with Gasteiger partial charge in [-0.1, -0.05) is 31.2 Å². The maximum Gasteiger partial charge on any atom is 0.0385 e. The zero-order valence-corrected chi connectivity index (χ0v) is 11.0. The minimum Gasteiger partial charge on any atom is -0.330 e. The Hall–Kier alpha value is -0.860. The van der Waals surface area contributed by atoms with Crippen LogP contribution < -0.4 is 5.73 Å². The zero-order chi connectivity index (χ0) is 12.3. The molecular formula is C15H24N2. The Morgan fingerprint density at radius 1 is 1.29 bits per heavy atom. The third-order valence-electron chi connectivity index (χ3n) is 4.04. The van der Waals surface area contributed by atoms with Gasteiger partial charge >= 0.3 is 0 Å². The van der Waals surface area contributed by atoms with E-state index in [1.165, 1.54) is 30.5 Å². The summed E-state index contributed by atoms with van der Waals surface area (Å²) in [4.78, 5) is 2.46. The number of rotatable bonds is 3. The van der Waals surface area contributed by atoms with Crippen LogP contribution in [0.15, 0.2) is 24.3 Å². The van der Waals surface area contributed by atoms with Gasteiger partial charge in [0.05, 0.1) is 0 Å². The summed E-state index contributed by atoms with van der Waals surface area (Å²) in [6, 6.07) is 9.60. The minimum atomic E-state index is 0.514. The first-order valence-corrected chi connectivity index (χ1v) is 6.75. The standard InChI is InChI=1S/C15H24N2/c1-3-12-6-8-13(9-7-12)15-14(11-16)5-4-10-17(15)2/h6-9,14-15H,3-5,10-11,16H2,1-2H3. The fraction of sp³-hybridized carbons (Fsp3) is 0.600. The summed E-state index contributed by atoms with van der Waals surface area (Å²) in [7, 11) is 2.22. The molecule has 1 aliphatic rings. The number of hydrogen-bond donors (Lipinski definition) is 1. The predicted molar refractivity (Wildman–Crippen MR) is 73.0 cm³/mol. The molecule has 1 aliphatic heterocycles. The molecule has 1 heterocycles. The number of aryl methyl sites for hydroxylation is 1. The molecule has 0 amide bonds. The van der Waals surface area contributed by atoms with E-state index in [1.807, 2.05) is 0 Å². The second kappa shape index (κ2) is 5.65. The van der Waals surface area contributed by atoms with Crippen molar-refractivity contribution in [1.82, 2.24) is 4.90 Å². The van der Waals surface area contributed by atoms with E-state index in [0.717, 1.165) is 13.0 Å². The second-order valence-electron chi connectivity index (χ2n) is 5.16. The summed E-state index contributed by atoms with van der Waals surface area (Å²) >= 11 is 0. The highest BCUT2D eigenvalue weighted by Gasteiger charge is 2.29. The smallest absolute Gasteiger partial charge is 0.0385 e. The third kappa shape index (κ3) is 2.70. The Bertz CT molecular complexity index is 344. The molecule has 0 aromatic heterocycles. The van der Waals surface area contributed by atoms with Gasteiger partial charge in [0.15, 0.2) is 0 Å². The van der Waals surface area contributed by atoms with Gasteiger partial charge in [-0.2, -0.15) is 0 Å². The highest BCUT2D eigenvalue weighted by molar-refractivity contribution is 5.26. The van der Waals surface area contributed by atoms with E-state index in [-0.39, 0.29) is 0 Å². The maximum absolute atomic E-state index is 5.92. The van der Waals surface area contributed by atoms with Crippen LogP contribution in [0.2, 0.25) is 0 Å². The van der Waals surface area contributed by atoms with Crippen LogP contribution in [0.3, 0.4) is 0 Å². The van der Waals surface area contributed by atoms with Crippen LogP contribution in [0.25, 0.3) is 0 Å². The van der Waals surface area contributed by atoms with Crippen LogP contribution in [0.1, 0.15) is 36.9 Å². The van der Waals surface area contributed by atoms with Crippen molar-refractivity contribution in [3.63, 3.8) is 0 Å². The Kier molecular flexibility index (Phi) is 4.19. The van der Waals surface area contributed by atoms with Crippen molar-refractivity contribution in [2.24, 2.45) is 11.7 Å². The van der Waals surface area contributed by atoms with Crippen LogP contribution in [0, 0.1) is 5.92 Å². The van der Waals surface area contributed by atoms with Gasteiger partial charge in [0.1, 0.15) is 0 Å². The summed E-state index contributed by atoms with van der Waals surface area (Å²) in [5.74, 6) is 0.612. The number of piperidine rings is 1. The molecule has 1 saturated heterocycles. The first kappa shape index (κ1) is 12.6. The van der Waals surface area contributed by atoms with Gasteiger partial charge in [0.2, 0.25) is 0 Å². The Morgan fingerprint density at radius 2 is 2.00 bits per heavy atom. The fourth-order valence-corrected chi connectivity index (χ4v) is 2.98. The lowest BCUT2D eigenvalue weighted by Gasteiger charge is -2.39. The van der Waals surface area contributed by atoms with E-state index in [2.05, 4.69) is 43.1 Å². The minimum absolute atomic E-state index is 0.514. The third-order valence-corrected chi connectivity index (χ3v) is 4.04. The predicted octanol–water partition coefficient (Wildman–Crippen LogP) is 2.59. The van der Waals surface area contributed by atoms with Crippen molar-refractivity contribution in [3.8, 4) is 0 Å². The van der Waals surface area contributed by atoms with Crippen LogP contribution in [0.4, 0.5) is 0 Å². The number of hydrogen-bond acceptors (Lipinski definition) is 2. The largest absolute Gasteiger partial charge is 0.330 e. The first-order valence-electron chi connectivity index (χ1n) is 6.75. The SMILES string of the molecule is CCc1ccc(C2C(CN)CCCN2C)cc1. The van der Waals surface area contributed by atoms with Crippen molar-refractivity contribution in [1.29, 1.82) is 0 Å². The van der Waals surface area contributed by atoms with Crippen molar-refractivity contribution < 1.29 is 0 Å². The molecule has 2 N–H and O–H groups in total. The van der Waals surface area contributed by atoms with E-state index in [9.17, 15) is 0 Å². The molecule has 2 nitrogen and oxygen atoms in total. The molecule has 2 atom stereocenters. The molecule has 17 heavy (non-hydrogen) atoms. The van der Waals surface area contributed by atoms with E-state index in [1.54, 1.807) is 0 Å². The number of likely N-dealkylation sites (tertiary alicyclic amines) is 1. The van der Waals surface area contributed by atoms with Crippen LogP contribution in [-0.4, -0.2) is 25.0 Å². The summed E-state index contributed by atoms with van der Waals surface area (Å²) < 4.78 is 0. The van der Waals surface area contributed by atoms with E-state index < -0.39 is 0 Å². The lowest BCUT2D eigenvalue weighted by Crippen LogP contribution is -2.39. The zero-order valence-electron chi connectivity index (χ0n) is 11.0. The average molecular weight is 232 g/mol. The molecule has 2 unspecified atom stereocenters. The average Bonchev–Trinajstić information content (AvgIpc) is 2.38. The van der Waals surface area contributed by atoms with Crippen molar-refractivity contribution in [2.45, 2.75) is 32.2 Å². The van der Waals surface area contributed by atoms with Crippen molar-refractivity contribution in [3.05, 3.63) is 35.4 Å². The summed E-state index contributed by atoms with van der Waals surface area (Å²) in [6.45, 7) is 4.19. The van der Waals surface area contributed by atoms with Gasteiger partial charge in [-0.3, -0.25) is 4.90 Å². The molecule has 1 aromatic carbocycles. The van der Waals surface area contributed by atoms with Crippen molar-refractivity contribution >= 4 is 0 Å². The van der Waals surface area contributed by atoms with Gasteiger partial charge in [-0.05, 0) is 56.4 Å². The Balaban J connectivity index is 2.21. The first-order chi connectivity index (χ1) is 8.26. The van der Waals surface area contributed by atoms with Crippen molar-refractivity contribution in [2.75, 3.05) is 20.1 Å². The van der Waals surface area contributed by atoms with Gasteiger partial charge in [0, 0.05) is 6.04 Å².